The third kappa shape index (κ3) is 0.981. The highest BCUT2D eigenvalue weighted by atomic mass is 16.3. The molecule has 0 fully saturated rings. The van der Waals surface area contributed by atoms with E-state index in [2.05, 4.69) is 4.99 Å². The number of allylic oxidation sites excluding steroid dienone is 2. The van der Waals surface area contributed by atoms with Crippen molar-refractivity contribution in [3.8, 4) is 0 Å². The smallest absolute Gasteiger partial charge is 0.381 e. The van der Waals surface area contributed by atoms with Gasteiger partial charge in [0.1, 0.15) is 6.20 Å². The Morgan fingerprint density at radius 3 is 3.08 bits per heavy atom. The summed E-state index contributed by atoms with van der Waals surface area (Å²) in [6.45, 7) is 0. The maximum atomic E-state index is 11.2. The van der Waals surface area contributed by atoms with E-state index in [4.69, 9.17) is 5.11 Å². The number of carbonyl (C=O) groups excluding carboxylic acids is 1. The van der Waals surface area contributed by atoms with Gasteiger partial charge in [0, 0.05) is 0 Å². The monoisotopic (exact) mass is 164 g/mol. The van der Waals surface area contributed by atoms with Gasteiger partial charge in [-0.1, -0.05) is 0 Å². The zero-order valence-corrected chi connectivity index (χ0v) is 6.24. The van der Waals surface area contributed by atoms with Gasteiger partial charge in [-0.15, -0.1) is 4.99 Å². The first kappa shape index (κ1) is 7.00. The van der Waals surface area contributed by atoms with Gasteiger partial charge in [-0.2, -0.15) is 4.90 Å². The molecule has 12 heavy (non-hydrogen) atoms. The fraction of sp³-hybridized carbons (Fsp3) is 0. The summed E-state index contributed by atoms with van der Waals surface area (Å²) in [7, 11) is 0. The minimum atomic E-state index is -0.165. The first-order chi connectivity index (χ1) is 5.77. The lowest BCUT2D eigenvalue weighted by Gasteiger charge is -2.09. The van der Waals surface area contributed by atoms with Gasteiger partial charge in [0.05, 0.1) is 6.08 Å². The van der Waals surface area contributed by atoms with Crippen molar-refractivity contribution in [3.05, 3.63) is 36.4 Å². The molecular weight excluding hydrogens is 156 g/mol. The molecule has 4 nitrogen and oxygen atoms in total. The molecule has 0 radical (unpaired) electrons. The Kier molecular flexibility index (Phi) is 1.41. The molecule has 60 valence electrons. The van der Waals surface area contributed by atoms with Crippen LogP contribution in [0.3, 0.4) is 0 Å². The SMILES string of the molecule is O=C1C=C(O)[NH+]=C2C=CC=C[NH+]12. The molecule has 3 N–H and O–H groups in total. The lowest BCUT2D eigenvalue weighted by atomic mass is 10.3. The van der Waals surface area contributed by atoms with Crippen molar-refractivity contribution in [3.63, 3.8) is 0 Å². The maximum absolute atomic E-state index is 11.2. The zero-order chi connectivity index (χ0) is 8.55. The first-order valence-electron chi connectivity index (χ1n) is 3.58. The molecule has 0 aliphatic carbocycles. The summed E-state index contributed by atoms with van der Waals surface area (Å²) in [6.07, 6.45) is 8.22. The molecule has 0 saturated carbocycles. The van der Waals surface area contributed by atoms with Crippen LogP contribution in [0, 0.1) is 0 Å². The lowest BCUT2D eigenvalue weighted by molar-refractivity contribution is -0.699. The van der Waals surface area contributed by atoms with Crippen molar-refractivity contribution in [2.75, 3.05) is 0 Å². The number of aliphatic hydroxyl groups excluding tert-OH is 1. The van der Waals surface area contributed by atoms with Gasteiger partial charge >= 0.3 is 17.6 Å². The third-order valence-corrected chi connectivity index (χ3v) is 1.72. The fourth-order valence-corrected chi connectivity index (χ4v) is 1.18. The molecule has 1 unspecified atom stereocenters. The minimum absolute atomic E-state index is 0.0984. The standard InChI is InChI=1S/C8H6N2O2/c11-7-5-8(12)10-4-2-1-3-6(10)9-7/h1-5,11H/p+2. The Bertz CT molecular complexity index is 350. The topological polar surface area (TPSA) is 55.7 Å². The summed E-state index contributed by atoms with van der Waals surface area (Å²) < 4.78 is 0. The van der Waals surface area contributed by atoms with Crippen LogP contribution in [-0.4, -0.2) is 16.8 Å². The van der Waals surface area contributed by atoms with Gasteiger partial charge in [0.15, 0.2) is 6.08 Å². The number of nitrogens with one attached hydrogen (secondary N) is 2. The Labute approximate surface area is 68.8 Å². The van der Waals surface area contributed by atoms with Crippen LogP contribution >= 0.6 is 0 Å². The van der Waals surface area contributed by atoms with Gasteiger partial charge in [0.2, 0.25) is 0 Å². The average molecular weight is 164 g/mol. The molecule has 2 aliphatic heterocycles. The number of fused-ring (bicyclic) bond motifs is 1. The van der Waals surface area contributed by atoms with E-state index in [9.17, 15) is 4.79 Å². The van der Waals surface area contributed by atoms with Crippen LogP contribution in [0.4, 0.5) is 0 Å². The molecule has 0 aromatic heterocycles. The van der Waals surface area contributed by atoms with E-state index in [1.807, 2.05) is 0 Å². The summed E-state index contributed by atoms with van der Waals surface area (Å²) in [6, 6.07) is 0. The van der Waals surface area contributed by atoms with Crippen LogP contribution in [0.5, 0.6) is 0 Å². The molecule has 0 aromatic carbocycles. The second-order valence-corrected chi connectivity index (χ2v) is 2.56. The minimum Gasteiger partial charge on any atom is -0.459 e. The summed E-state index contributed by atoms with van der Waals surface area (Å²) in [4.78, 5) is 14.5. The molecule has 2 heterocycles. The highest BCUT2D eigenvalue weighted by Gasteiger charge is 2.32. The van der Waals surface area contributed by atoms with Crippen molar-refractivity contribution in [2.45, 2.75) is 0 Å². The highest BCUT2D eigenvalue weighted by Crippen LogP contribution is 1.82. The second-order valence-electron chi connectivity index (χ2n) is 2.56. The summed E-state index contributed by atoms with van der Waals surface area (Å²) in [5.74, 6) is 0.392. The van der Waals surface area contributed by atoms with E-state index in [1.54, 1.807) is 24.4 Å². The highest BCUT2D eigenvalue weighted by molar-refractivity contribution is 5.95. The number of hydrogen-bond donors (Lipinski definition) is 3. The van der Waals surface area contributed by atoms with Crippen LogP contribution < -0.4 is 9.89 Å². The molecule has 0 aromatic rings. The van der Waals surface area contributed by atoms with Crippen molar-refractivity contribution in [2.24, 2.45) is 0 Å². The molecule has 4 heteroatoms. The number of rotatable bonds is 0. The quantitative estimate of drug-likeness (QED) is 0.367. The lowest BCUT2D eigenvalue weighted by Crippen LogP contribution is -3.19. The number of amides is 1. The van der Waals surface area contributed by atoms with E-state index in [0.29, 0.717) is 10.7 Å². The molecule has 2 aliphatic rings. The van der Waals surface area contributed by atoms with Crippen LogP contribution in [0.15, 0.2) is 36.4 Å². The molecule has 0 spiro atoms. The summed E-state index contributed by atoms with van der Waals surface area (Å²) in [5.41, 5.74) is 0. The molecular formula is C8H8N2O2+2. The number of aliphatic hydroxyl groups is 1. The maximum Gasteiger partial charge on any atom is 0.381 e. The van der Waals surface area contributed by atoms with Gasteiger partial charge in [-0.3, -0.25) is 0 Å². The molecule has 2 rings (SSSR count). The largest absolute Gasteiger partial charge is 0.459 e. The van der Waals surface area contributed by atoms with Gasteiger partial charge in [0.25, 0.3) is 0 Å². The molecule has 1 amide bonds. The summed E-state index contributed by atoms with van der Waals surface area (Å²) in [5, 5.41) is 9.06. The van der Waals surface area contributed by atoms with Crippen molar-refractivity contribution < 1.29 is 19.8 Å². The van der Waals surface area contributed by atoms with Crippen molar-refractivity contribution >= 4 is 11.7 Å². The number of quaternary nitrogens is 1. The van der Waals surface area contributed by atoms with Crippen molar-refractivity contribution in [1.82, 2.24) is 0 Å². The summed E-state index contributed by atoms with van der Waals surface area (Å²) >= 11 is 0. The van der Waals surface area contributed by atoms with Crippen LogP contribution in [0.25, 0.3) is 0 Å². The van der Waals surface area contributed by atoms with Gasteiger partial charge < -0.3 is 5.11 Å². The predicted molar refractivity (Wildman–Crippen MR) is 40.9 cm³/mol. The Morgan fingerprint density at radius 2 is 2.25 bits per heavy atom. The van der Waals surface area contributed by atoms with E-state index in [0.717, 1.165) is 0 Å². The van der Waals surface area contributed by atoms with E-state index in [-0.39, 0.29) is 11.8 Å². The number of carbonyl (C=O) groups is 1. The molecule has 0 saturated heterocycles. The first-order valence-corrected chi connectivity index (χ1v) is 3.58. The molecule has 1 atom stereocenters. The second kappa shape index (κ2) is 2.42. The van der Waals surface area contributed by atoms with E-state index in [1.165, 1.54) is 6.08 Å². The average Bonchev–Trinajstić information content (AvgIpc) is 2.04. The van der Waals surface area contributed by atoms with Crippen LogP contribution in [0.1, 0.15) is 0 Å². The van der Waals surface area contributed by atoms with E-state index < -0.39 is 0 Å². The predicted octanol–water partition coefficient (Wildman–Crippen LogP) is -2.63. The van der Waals surface area contributed by atoms with Gasteiger partial charge in [-0.25, -0.2) is 4.79 Å². The van der Waals surface area contributed by atoms with Crippen LogP contribution in [0.2, 0.25) is 0 Å². The zero-order valence-electron chi connectivity index (χ0n) is 6.24. The molecule has 0 bridgehead atoms. The fourth-order valence-electron chi connectivity index (χ4n) is 1.18. The Balaban J connectivity index is 2.45. The third-order valence-electron chi connectivity index (χ3n) is 1.72. The van der Waals surface area contributed by atoms with E-state index >= 15 is 0 Å². The normalized spacial score (nSPS) is 26.3. The Hall–Kier alpha value is -1.68. The Morgan fingerprint density at radius 1 is 1.42 bits per heavy atom. The van der Waals surface area contributed by atoms with Crippen molar-refractivity contribution in [1.29, 1.82) is 0 Å². The van der Waals surface area contributed by atoms with Crippen LogP contribution in [-0.2, 0) is 4.79 Å². The van der Waals surface area contributed by atoms with Gasteiger partial charge in [-0.05, 0) is 12.2 Å². The number of hydrogen-bond acceptors (Lipinski definition) is 2. The number of amidine groups is 1.